The zero-order valence-electron chi connectivity index (χ0n) is 7.66. The number of rotatable bonds is 3. The molecule has 1 aromatic rings. The highest BCUT2D eigenvalue weighted by Gasteiger charge is 2.03. The molecule has 1 amide bonds. The minimum atomic E-state index is -0.292. The van der Waals surface area contributed by atoms with Gasteiger partial charge in [0.25, 0.3) is 0 Å². The number of benzene rings is 1. The third-order valence-electron chi connectivity index (χ3n) is 1.69. The Labute approximate surface area is 77.9 Å². The summed E-state index contributed by atoms with van der Waals surface area (Å²) in [5, 5.41) is 2.63. The molecule has 1 aromatic carbocycles. The second-order valence-electron chi connectivity index (χ2n) is 3.00. The van der Waals surface area contributed by atoms with Crippen molar-refractivity contribution >= 4 is 5.91 Å². The Balaban J connectivity index is 2.45. The van der Waals surface area contributed by atoms with E-state index >= 15 is 0 Å². The molecule has 3 N–H and O–H groups in total. The first kappa shape index (κ1) is 9.74. The van der Waals surface area contributed by atoms with Crippen LogP contribution in [-0.2, 0) is 11.2 Å². The van der Waals surface area contributed by atoms with Gasteiger partial charge in [-0.3, -0.25) is 4.79 Å². The smallest absolute Gasteiger partial charge is 0.218 e. The summed E-state index contributed by atoms with van der Waals surface area (Å²) < 4.78 is 0. The molecule has 0 aliphatic rings. The van der Waals surface area contributed by atoms with Crippen LogP contribution >= 0.6 is 0 Å². The van der Waals surface area contributed by atoms with Gasteiger partial charge in [-0.1, -0.05) is 30.3 Å². The summed E-state index contributed by atoms with van der Waals surface area (Å²) in [4.78, 5) is 10.7. The predicted molar refractivity (Wildman–Crippen MR) is 51.9 cm³/mol. The lowest BCUT2D eigenvalue weighted by atomic mass is 10.1. The van der Waals surface area contributed by atoms with Crippen molar-refractivity contribution in [2.75, 3.05) is 0 Å². The number of hydrogen-bond acceptors (Lipinski definition) is 2. The largest absolute Gasteiger partial charge is 0.341 e. The maximum atomic E-state index is 10.7. The van der Waals surface area contributed by atoms with Crippen molar-refractivity contribution in [2.24, 2.45) is 5.73 Å². The Morgan fingerprint density at radius 3 is 2.62 bits per heavy atom. The summed E-state index contributed by atoms with van der Waals surface area (Å²) in [6, 6.07) is 9.84. The molecular formula is C10H14N2O. The normalized spacial score (nSPS) is 12.2. The highest BCUT2D eigenvalue weighted by atomic mass is 16.1. The van der Waals surface area contributed by atoms with Crippen LogP contribution in [0.4, 0.5) is 0 Å². The topological polar surface area (TPSA) is 55.1 Å². The molecule has 70 valence electrons. The minimum Gasteiger partial charge on any atom is -0.341 e. The Morgan fingerprint density at radius 2 is 2.08 bits per heavy atom. The predicted octanol–water partition coefficient (Wildman–Crippen LogP) is 0.650. The summed E-state index contributed by atoms with van der Waals surface area (Å²) in [5.41, 5.74) is 6.80. The molecule has 0 radical (unpaired) electrons. The molecule has 3 heteroatoms. The average molecular weight is 178 g/mol. The summed E-state index contributed by atoms with van der Waals surface area (Å²) in [6.07, 6.45) is 0.375. The van der Waals surface area contributed by atoms with Gasteiger partial charge in [-0.25, -0.2) is 0 Å². The molecule has 0 fully saturated rings. The number of amides is 1. The van der Waals surface area contributed by atoms with Gasteiger partial charge in [-0.05, 0) is 5.56 Å². The molecule has 1 unspecified atom stereocenters. The van der Waals surface area contributed by atoms with Gasteiger partial charge in [0.1, 0.15) is 0 Å². The van der Waals surface area contributed by atoms with Crippen molar-refractivity contribution in [2.45, 2.75) is 19.5 Å². The number of carbonyl (C=O) groups is 1. The lowest BCUT2D eigenvalue weighted by molar-refractivity contribution is -0.119. The zero-order chi connectivity index (χ0) is 9.68. The van der Waals surface area contributed by atoms with Crippen molar-refractivity contribution in [3.8, 4) is 0 Å². The van der Waals surface area contributed by atoms with Crippen LogP contribution in [0.15, 0.2) is 30.3 Å². The molecule has 0 aliphatic carbocycles. The lowest BCUT2D eigenvalue weighted by Gasteiger charge is -2.11. The first-order valence-corrected chi connectivity index (χ1v) is 4.25. The second kappa shape index (κ2) is 4.62. The van der Waals surface area contributed by atoms with Crippen molar-refractivity contribution < 1.29 is 4.79 Å². The number of nitrogens with one attached hydrogen (secondary N) is 1. The van der Waals surface area contributed by atoms with Gasteiger partial charge < -0.3 is 11.1 Å². The van der Waals surface area contributed by atoms with Crippen LogP contribution in [0.2, 0.25) is 0 Å². The molecule has 0 bridgehead atoms. The van der Waals surface area contributed by atoms with E-state index in [-0.39, 0.29) is 12.1 Å². The first-order chi connectivity index (χ1) is 6.18. The van der Waals surface area contributed by atoms with Crippen LogP contribution in [0.5, 0.6) is 0 Å². The molecule has 3 nitrogen and oxygen atoms in total. The third kappa shape index (κ3) is 3.71. The Morgan fingerprint density at radius 1 is 1.46 bits per heavy atom. The summed E-state index contributed by atoms with van der Waals surface area (Å²) in [5.74, 6) is -0.0940. The monoisotopic (exact) mass is 178 g/mol. The van der Waals surface area contributed by atoms with Crippen LogP contribution in [0.3, 0.4) is 0 Å². The van der Waals surface area contributed by atoms with Crippen LogP contribution in [0, 0.1) is 0 Å². The molecule has 0 saturated carbocycles. The third-order valence-corrected chi connectivity index (χ3v) is 1.69. The Hall–Kier alpha value is -1.35. The summed E-state index contributed by atoms with van der Waals surface area (Å²) in [7, 11) is 0. The fourth-order valence-electron chi connectivity index (χ4n) is 1.18. The van der Waals surface area contributed by atoms with Crippen molar-refractivity contribution in [1.82, 2.24) is 5.32 Å². The van der Waals surface area contributed by atoms with Crippen LogP contribution in [-0.4, -0.2) is 12.1 Å². The Kier molecular flexibility index (Phi) is 3.46. The standard InChI is InChI=1S/C10H14N2O/c1-8(13)12-10(11)7-9-5-3-2-4-6-9/h2-6,10H,7,11H2,1H3,(H,12,13). The number of carbonyl (C=O) groups excluding carboxylic acids is 1. The first-order valence-electron chi connectivity index (χ1n) is 4.25. The molecule has 0 saturated heterocycles. The van der Waals surface area contributed by atoms with E-state index < -0.39 is 0 Å². The maximum absolute atomic E-state index is 10.7. The van der Waals surface area contributed by atoms with Crippen LogP contribution in [0.25, 0.3) is 0 Å². The summed E-state index contributed by atoms with van der Waals surface area (Å²) in [6.45, 7) is 1.46. The van der Waals surface area contributed by atoms with E-state index in [1.165, 1.54) is 6.92 Å². The van der Waals surface area contributed by atoms with Crippen LogP contribution < -0.4 is 11.1 Å². The van der Waals surface area contributed by atoms with E-state index in [9.17, 15) is 4.79 Å². The van der Waals surface area contributed by atoms with Gasteiger partial charge in [-0.2, -0.15) is 0 Å². The highest BCUT2D eigenvalue weighted by molar-refractivity contribution is 5.73. The van der Waals surface area contributed by atoms with Crippen molar-refractivity contribution in [3.63, 3.8) is 0 Å². The Bertz CT molecular complexity index is 272. The molecule has 1 rings (SSSR count). The van der Waals surface area contributed by atoms with Gasteiger partial charge >= 0.3 is 0 Å². The van der Waals surface area contributed by atoms with Crippen molar-refractivity contribution in [1.29, 1.82) is 0 Å². The minimum absolute atomic E-state index is 0.0940. The molecule has 13 heavy (non-hydrogen) atoms. The fourth-order valence-corrected chi connectivity index (χ4v) is 1.18. The van der Waals surface area contributed by atoms with E-state index in [2.05, 4.69) is 5.32 Å². The number of hydrogen-bond donors (Lipinski definition) is 2. The maximum Gasteiger partial charge on any atom is 0.218 e. The van der Waals surface area contributed by atoms with E-state index in [0.29, 0.717) is 6.42 Å². The van der Waals surface area contributed by atoms with Crippen molar-refractivity contribution in [3.05, 3.63) is 35.9 Å². The molecule has 1 atom stereocenters. The van der Waals surface area contributed by atoms with E-state index in [1.807, 2.05) is 30.3 Å². The van der Waals surface area contributed by atoms with Gasteiger partial charge in [-0.15, -0.1) is 0 Å². The highest BCUT2D eigenvalue weighted by Crippen LogP contribution is 1.99. The van der Waals surface area contributed by atoms with E-state index in [4.69, 9.17) is 5.73 Å². The van der Waals surface area contributed by atoms with E-state index in [1.54, 1.807) is 0 Å². The molecule has 0 spiro atoms. The number of nitrogens with two attached hydrogens (primary N) is 1. The molecule has 0 aromatic heterocycles. The van der Waals surface area contributed by atoms with Gasteiger partial charge in [0.15, 0.2) is 0 Å². The molecular weight excluding hydrogens is 164 g/mol. The molecule has 0 aliphatic heterocycles. The quantitative estimate of drug-likeness (QED) is 0.668. The second-order valence-corrected chi connectivity index (χ2v) is 3.00. The van der Waals surface area contributed by atoms with Crippen LogP contribution in [0.1, 0.15) is 12.5 Å². The summed E-state index contributed by atoms with van der Waals surface area (Å²) >= 11 is 0. The fraction of sp³-hybridized carbons (Fsp3) is 0.300. The lowest BCUT2D eigenvalue weighted by Crippen LogP contribution is -2.41. The zero-order valence-corrected chi connectivity index (χ0v) is 7.66. The van der Waals surface area contributed by atoms with E-state index in [0.717, 1.165) is 5.56 Å². The van der Waals surface area contributed by atoms with Gasteiger partial charge in [0, 0.05) is 13.3 Å². The van der Waals surface area contributed by atoms with Gasteiger partial charge in [0.05, 0.1) is 6.17 Å². The van der Waals surface area contributed by atoms with Gasteiger partial charge in [0.2, 0.25) is 5.91 Å². The SMILES string of the molecule is CC(=O)NC(N)Cc1ccccc1. The average Bonchev–Trinajstić information content (AvgIpc) is 2.04. The molecule has 0 heterocycles.